The Labute approximate surface area is 147 Å². The lowest BCUT2D eigenvalue weighted by molar-refractivity contribution is -0.122. The molecule has 0 saturated heterocycles. The molecule has 0 aliphatic carbocycles. The molecular formula is C18H20N2O4S. The number of nitrogens with one attached hydrogen (secondary N) is 2. The van der Waals surface area contributed by atoms with E-state index in [0.717, 1.165) is 18.4 Å². The molecule has 2 N–H and O–H groups in total. The first kappa shape index (κ1) is 17.3. The number of ether oxygens (including phenoxy) is 1. The molecule has 2 aromatic rings. The maximum Gasteiger partial charge on any atom is 0.265 e. The molecule has 0 unspecified atom stereocenters. The van der Waals surface area contributed by atoms with Crippen LogP contribution in [0.25, 0.3) is 0 Å². The standard InChI is InChI=1S/C18H20N2O4S/c1-3-4-13-5-8-15(9-6-13)25(22,23)20-14-7-10-17-16(11-14)19-18(21)12(2)24-17/h5-12,20H,3-4H2,1-2H3,(H,19,21)/t12-/m0/s1. The van der Waals surface area contributed by atoms with Gasteiger partial charge in [0.15, 0.2) is 6.10 Å². The van der Waals surface area contributed by atoms with E-state index in [4.69, 9.17) is 4.74 Å². The minimum absolute atomic E-state index is 0.194. The maximum atomic E-state index is 12.5. The molecule has 0 fully saturated rings. The minimum Gasteiger partial charge on any atom is -0.479 e. The molecule has 132 valence electrons. The highest BCUT2D eigenvalue weighted by Gasteiger charge is 2.24. The summed E-state index contributed by atoms with van der Waals surface area (Å²) in [6.07, 6.45) is 1.35. The second kappa shape index (κ2) is 6.76. The van der Waals surface area contributed by atoms with Gasteiger partial charge in [-0.1, -0.05) is 25.5 Å². The molecule has 0 radical (unpaired) electrons. The Balaban J connectivity index is 1.81. The summed E-state index contributed by atoms with van der Waals surface area (Å²) in [4.78, 5) is 11.9. The van der Waals surface area contributed by atoms with Crippen molar-refractivity contribution < 1.29 is 17.9 Å². The number of hydrogen-bond donors (Lipinski definition) is 2. The first-order chi connectivity index (χ1) is 11.9. The van der Waals surface area contributed by atoms with E-state index in [-0.39, 0.29) is 10.8 Å². The van der Waals surface area contributed by atoms with Gasteiger partial charge in [-0.15, -0.1) is 0 Å². The number of carbonyl (C=O) groups excluding carboxylic acids is 1. The Bertz CT molecular complexity index is 892. The van der Waals surface area contributed by atoms with E-state index in [1.807, 2.05) is 12.1 Å². The van der Waals surface area contributed by atoms with Crippen molar-refractivity contribution in [1.82, 2.24) is 0 Å². The van der Waals surface area contributed by atoms with Gasteiger partial charge in [0.05, 0.1) is 16.3 Å². The third-order valence-electron chi connectivity index (χ3n) is 3.93. The van der Waals surface area contributed by atoms with Crippen LogP contribution in [0.2, 0.25) is 0 Å². The Hall–Kier alpha value is -2.54. The summed E-state index contributed by atoms with van der Waals surface area (Å²) in [6, 6.07) is 11.6. The van der Waals surface area contributed by atoms with Crippen LogP contribution in [-0.4, -0.2) is 20.4 Å². The lowest BCUT2D eigenvalue weighted by atomic mass is 10.1. The minimum atomic E-state index is -3.70. The average Bonchev–Trinajstić information content (AvgIpc) is 2.57. The molecule has 0 saturated carbocycles. The van der Waals surface area contributed by atoms with Crippen LogP contribution < -0.4 is 14.8 Å². The van der Waals surface area contributed by atoms with Crippen LogP contribution in [0.5, 0.6) is 5.75 Å². The molecule has 7 heteroatoms. The summed E-state index contributed by atoms with van der Waals surface area (Å²) in [5.41, 5.74) is 1.90. The van der Waals surface area contributed by atoms with Gasteiger partial charge in [-0.25, -0.2) is 8.42 Å². The van der Waals surface area contributed by atoms with E-state index in [2.05, 4.69) is 17.0 Å². The zero-order chi connectivity index (χ0) is 18.0. The fraction of sp³-hybridized carbons (Fsp3) is 0.278. The zero-order valence-corrected chi connectivity index (χ0v) is 14.9. The van der Waals surface area contributed by atoms with Gasteiger partial charge in [-0.05, 0) is 49.2 Å². The summed E-state index contributed by atoms with van der Waals surface area (Å²) in [7, 11) is -3.70. The van der Waals surface area contributed by atoms with E-state index >= 15 is 0 Å². The van der Waals surface area contributed by atoms with Gasteiger partial charge in [0, 0.05) is 0 Å². The van der Waals surface area contributed by atoms with Crippen molar-refractivity contribution in [2.45, 2.75) is 37.7 Å². The van der Waals surface area contributed by atoms with Crippen LogP contribution in [0.3, 0.4) is 0 Å². The van der Waals surface area contributed by atoms with Crippen LogP contribution in [-0.2, 0) is 21.2 Å². The average molecular weight is 360 g/mol. The molecule has 1 amide bonds. The summed E-state index contributed by atoms with van der Waals surface area (Å²) in [5, 5.41) is 2.70. The number of sulfonamides is 1. The van der Waals surface area contributed by atoms with Crippen LogP contribution in [0, 0.1) is 0 Å². The zero-order valence-electron chi connectivity index (χ0n) is 14.1. The SMILES string of the molecule is CCCc1ccc(S(=O)(=O)Nc2ccc3c(c2)NC(=O)[C@H](C)O3)cc1. The highest BCUT2D eigenvalue weighted by atomic mass is 32.2. The first-order valence-corrected chi connectivity index (χ1v) is 9.60. The highest BCUT2D eigenvalue weighted by molar-refractivity contribution is 7.92. The predicted molar refractivity (Wildman–Crippen MR) is 96.4 cm³/mol. The Morgan fingerprint density at radius 1 is 1.16 bits per heavy atom. The highest BCUT2D eigenvalue weighted by Crippen LogP contribution is 2.32. The summed E-state index contributed by atoms with van der Waals surface area (Å²) in [6.45, 7) is 3.72. The van der Waals surface area contributed by atoms with E-state index < -0.39 is 16.1 Å². The van der Waals surface area contributed by atoms with Crippen molar-refractivity contribution in [3.05, 3.63) is 48.0 Å². The Kier molecular flexibility index (Phi) is 4.67. The van der Waals surface area contributed by atoms with Crippen molar-refractivity contribution in [1.29, 1.82) is 0 Å². The third kappa shape index (κ3) is 3.76. The summed E-state index contributed by atoms with van der Waals surface area (Å²) >= 11 is 0. The summed E-state index contributed by atoms with van der Waals surface area (Å²) < 4.78 is 33.0. The quantitative estimate of drug-likeness (QED) is 0.858. The van der Waals surface area contributed by atoms with E-state index in [1.165, 1.54) is 0 Å². The maximum absolute atomic E-state index is 12.5. The van der Waals surface area contributed by atoms with Gasteiger partial charge >= 0.3 is 0 Å². The van der Waals surface area contributed by atoms with E-state index in [0.29, 0.717) is 17.1 Å². The molecule has 2 aromatic carbocycles. The van der Waals surface area contributed by atoms with Gasteiger partial charge in [0.1, 0.15) is 5.75 Å². The molecule has 1 atom stereocenters. The second-order valence-corrected chi connectivity index (χ2v) is 7.64. The van der Waals surface area contributed by atoms with Gasteiger partial charge in [-0.2, -0.15) is 0 Å². The molecule has 0 aromatic heterocycles. The van der Waals surface area contributed by atoms with Crippen molar-refractivity contribution >= 4 is 27.3 Å². The van der Waals surface area contributed by atoms with Crippen molar-refractivity contribution in [2.75, 3.05) is 10.0 Å². The van der Waals surface area contributed by atoms with Gasteiger partial charge < -0.3 is 10.1 Å². The normalized spacial score (nSPS) is 16.6. The monoisotopic (exact) mass is 360 g/mol. The molecule has 1 aliphatic heterocycles. The van der Waals surface area contributed by atoms with Crippen molar-refractivity contribution in [3.8, 4) is 5.75 Å². The molecule has 1 heterocycles. The molecule has 3 rings (SSSR count). The lowest BCUT2D eigenvalue weighted by Gasteiger charge is -2.23. The number of aryl methyl sites for hydroxylation is 1. The smallest absolute Gasteiger partial charge is 0.265 e. The van der Waals surface area contributed by atoms with Crippen LogP contribution in [0.4, 0.5) is 11.4 Å². The number of rotatable bonds is 5. The van der Waals surface area contributed by atoms with E-state index in [9.17, 15) is 13.2 Å². The summed E-state index contributed by atoms with van der Waals surface area (Å²) in [5.74, 6) is 0.248. The van der Waals surface area contributed by atoms with Crippen molar-refractivity contribution in [3.63, 3.8) is 0 Å². The van der Waals surface area contributed by atoms with Gasteiger partial charge in [0.2, 0.25) is 0 Å². The van der Waals surface area contributed by atoms with Crippen LogP contribution in [0.1, 0.15) is 25.8 Å². The fourth-order valence-corrected chi connectivity index (χ4v) is 3.66. The number of fused-ring (bicyclic) bond motifs is 1. The molecule has 25 heavy (non-hydrogen) atoms. The number of carbonyl (C=O) groups is 1. The molecule has 0 spiro atoms. The molecule has 0 bridgehead atoms. The van der Waals surface area contributed by atoms with Crippen molar-refractivity contribution in [2.24, 2.45) is 0 Å². The lowest BCUT2D eigenvalue weighted by Crippen LogP contribution is -2.34. The topological polar surface area (TPSA) is 84.5 Å². The van der Waals surface area contributed by atoms with E-state index in [1.54, 1.807) is 37.3 Å². The Morgan fingerprint density at radius 2 is 1.88 bits per heavy atom. The third-order valence-corrected chi connectivity index (χ3v) is 5.33. The van der Waals surface area contributed by atoms with Gasteiger partial charge in [0.25, 0.3) is 15.9 Å². The van der Waals surface area contributed by atoms with Crippen LogP contribution in [0.15, 0.2) is 47.4 Å². The largest absolute Gasteiger partial charge is 0.479 e. The fourth-order valence-electron chi connectivity index (χ4n) is 2.61. The number of amides is 1. The Morgan fingerprint density at radius 3 is 2.56 bits per heavy atom. The predicted octanol–water partition coefficient (Wildman–Crippen LogP) is 3.16. The second-order valence-electron chi connectivity index (χ2n) is 5.96. The van der Waals surface area contributed by atoms with Crippen LogP contribution >= 0.6 is 0 Å². The molecular weight excluding hydrogens is 340 g/mol. The molecule has 1 aliphatic rings. The number of benzene rings is 2. The number of anilines is 2. The number of hydrogen-bond acceptors (Lipinski definition) is 4. The first-order valence-electron chi connectivity index (χ1n) is 8.12. The molecule has 6 nitrogen and oxygen atoms in total. The van der Waals surface area contributed by atoms with Gasteiger partial charge in [-0.3, -0.25) is 9.52 Å².